The highest BCUT2D eigenvalue weighted by Crippen LogP contribution is 2.22. The Bertz CT molecular complexity index is 426. The molecule has 0 heterocycles. The van der Waals surface area contributed by atoms with Gasteiger partial charge in [0.15, 0.2) is 0 Å². The van der Waals surface area contributed by atoms with Crippen LogP contribution in [-0.2, 0) is 0 Å². The normalized spacial score (nSPS) is 13.2. The third-order valence-corrected chi connectivity index (χ3v) is 9.74. The van der Waals surface area contributed by atoms with E-state index in [0.29, 0.717) is 0 Å². The first kappa shape index (κ1) is 40.0. The van der Waals surface area contributed by atoms with Crippen molar-refractivity contribution in [3.05, 3.63) is 0 Å². The van der Waals surface area contributed by atoms with Crippen molar-refractivity contribution in [1.29, 1.82) is 0 Å². The first-order valence-electron chi connectivity index (χ1n) is 19.7. The molecule has 0 aliphatic carbocycles. The molecule has 40 heavy (non-hydrogen) atoms. The molecule has 2 atom stereocenters. The fourth-order valence-corrected chi connectivity index (χ4v) is 6.65. The van der Waals surface area contributed by atoms with E-state index in [1.165, 1.54) is 218 Å². The molecule has 2 unspecified atom stereocenters. The van der Waals surface area contributed by atoms with Crippen LogP contribution >= 0.6 is 0 Å². The predicted molar refractivity (Wildman–Crippen MR) is 187 cm³/mol. The van der Waals surface area contributed by atoms with E-state index in [4.69, 9.17) is 0 Å². The van der Waals surface area contributed by atoms with Gasteiger partial charge in [0.2, 0.25) is 0 Å². The maximum absolute atomic E-state index is 2.52. The molecular formula is C40H82. The molecule has 0 radical (unpaired) electrons. The lowest BCUT2D eigenvalue weighted by Crippen LogP contribution is -1.99. The summed E-state index contributed by atoms with van der Waals surface area (Å²) in [5.74, 6) is 1.91. The summed E-state index contributed by atoms with van der Waals surface area (Å²) in [6.45, 7) is 9.65. The molecule has 0 aromatic carbocycles. The number of hydrogen-bond acceptors (Lipinski definition) is 0. The topological polar surface area (TPSA) is 0 Å². The van der Waals surface area contributed by atoms with Crippen molar-refractivity contribution in [2.75, 3.05) is 0 Å². The Labute approximate surface area is 257 Å². The average Bonchev–Trinajstić information content (AvgIpc) is 2.95. The van der Waals surface area contributed by atoms with Crippen LogP contribution in [0.15, 0.2) is 0 Å². The van der Waals surface area contributed by atoms with Gasteiger partial charge in [0, 0.05) is 0 Å². The Balaban J connectivity index is 3.24. The van der Waals surface area contributed by atoms with Crippen molar-refractivity contribution in [3.8, 4) is 0 Å². The van der Waals surface area contributed by atoms with E-state index < -0.39 is 0 Å². The second-order valence-corrected chi connectivity index (χ2v) is 14.3. The molecule has 0 spiro atoms. The van der Waals surface area contributed by atoms with Crippen LogP contribution in [0.3, 0.4) is 0 Å². The molecule has 0 aromatic heterocycles. The summed E-state index contributed by atoms with van der Waals surface area (Å²) in [5.41, 5.74) is 0. The number of unbranched alkanes of at least 4 members (excludes halogenated alkanes) is 27. The van der Waals surface area contributed by atoms with Gasteiger partial charge in [-0.1, -0.05) is 246 Å². The van der Waals surface area contributed by atoms with Crippen molar-refractivity contribution >= 4 is 0 Å². The minimum absolute atomic E-state index is 0.954. The first-order chi connectivity index (χ1) is 19.7. The van der Waals surface area contributed by atoms with Crippen molar-refractivity contribution < 1.29 is 0 Å². The van der Waals surface area contributed by atoms with Gasteiger partial charge in [-0.3, -0.25) is 0 Å². The third-order valence-electron chi connectivity index (χ3n) is 9.74. The molecule has 0 amide bonds. The van der Waals surface area contributed by atoms with Crippen LogP contribution in [0.2, 0.25) is 0 Å². The predicted octanol–water partition coefficient (Wildman–Crippen LogP) is 15.6. The summed E-state index contributed by atoms with van der Waals surface area (Å²) in [4.78, 5) is 0. The standard InChI is InChI=1S/C40H82/c1-5-7-9-11-13-15-17-18-19-20-21-22-23-25-27-29-31-33-36-40(4)38-34-37-39(3)35-32-30-28-26-24-16-14-12-10-8-6-2/h39-40H,5-38H2,1-4H3. The Morgan fingerprint density at radius 3 is 0.625 bits per heavy atom. The first-order valence-corrected chi connectivity index (χ1v) is 19.7. The Morgan fingerprint density at radius 2 is 0.400 bits per heavy atom. The molecule has 0 aliphatic rings. The summed E-state index contributed by atoms with van der Waals surface area (Å²) >= 11 is 0. The van der Waals surface area contributed by atoms with Crippen LogP contribution in [-0.4, -0.2) is 0 Å². The molecule has 0 rings (SSSR count). The van der Waals surface area contributed by atoms with Crippen LogP contribution in [0.4, 0.5) is 0 Å². The van der Waals surface area contributed by atoms with Crippen LogP contribution in [0.25, 0.3) is 0 Å². The van der Waals surface area contributed by atoms with Gasteiger partial charge in [-0.2, -0.15) is 0 Å². The van der Waals surface area contributed by atoms with Gasteiger partial charge in [-0.15, -0.1) is 0 Å². The number of rotatable bonds is 35. The Hall–Kier alpha value is 0. The van der Waals surface area contributed by atoms with Crippen molar-refractivity contribution in [1.82, 2.24) is 0 Å². The molecule has 0 aliphatic heterocycles. The van der Waals surface area contributed by atoms with E-state index in [0.717, 1.165) is 11.8 Å². The van der Waals surface area contributed by atoms with Crippen LogP contribution in [0, 0.1) is 11.8 Å². The fourth-order valence-electron chi connectivity index (χ4n) is 6.65. The second kappa shape index (κ2) is 35.2. The third kappa shape index (κ3) is 34.2. The molecule has 0 saturated heterocycles. The zero-order valence-electron chi connectivity index (χ0n) is 29.2. The minimum Gasteiger partial charge on any atom is -0.0654 e. The second-order valence-electron chi connectivity index (χ2n) is 14.3. The van der Waals surface area contributed by atoms with Crippen molar-refractivity contribution in [2.45, 2.75) is 246 Å². The van der Waals surface area contributed by atoms with E-state index in [-0.39, 0.29) is 0 Å². The van der Waals surface area contributed by atoms with E-state index >= 15 is 0 Å². The number of hydrogen-bond donors (Lipinski definition) is 0. The highest BCUT2D eigenvalue weighted by atomic mass is 14.1. The molecule has 0 aromatic rings. The van der Waals surface area contributed by atoms with Gasteiger partial charge in [-0.05, 0) is 11.8 Å². The Morgan fingerprint density at radius 1 is 0.225 bits per heavy atom. The van der Waals surface area contributed by atoms with E-state index in [1.54, 1.807) is 0 Å². The van der Waals surface area contributed by atoms with Crippen LogP contribution in [0.5, 0.6) is 0 Å². The SMILES string of the molecule is CCCCCCCCCCCCCCCCCCCCC(C)CCCC(C)CCCCCCCCCCCCC. The molecule has 0 fully saturated rings. The molecule has 0 nitrogen and oxygen atoms in total. The fraction of sp³-hybridized carbons (Fsp3) is 1.00. The summed E-state index contributed by atoms with van der Waals surface area (Å²) in [7, 11) is 0. The highest BCUT2D eigenvalue weighted by molar-refractivity contribution is 4.60. The van der Waals surface area contributed by atoms with Gasteiger partial charge in [-0.25, -0.2) is 0 Å². The molecule has 242 valence electrons. The lowest BCUT2D eigenvalue weighted by Gasteiger charge is -2.14. The van der Waals surface area contributed by atoms with Gasteiger partial charge < -0.3 is 0 Å². The lowest BCUT2D eigenvalue weighted by atomic mass is 9.92. The summed E-state index contributed by atoms with van der Waals surface area (Å²) in [5, 5.41) is 0. The van der Waals surface area contributed by atoms with Gasteiger partial charge in [0.1, 0.15) is 0 Å². The smallest absolute Gasteiger partial charge is 0.0443 e. The molecular weight excluding hydrogens is 480 g/mol. The molecule has 0 N–H and O–H groups in total. The largest absolute Gasteiger partial charge is 0.0654 e. The Kier molecular flexibility index (Phi) is 35.2. The van der Waals surface area contributed by atoms with E-state index in [9.17, 15) is 0 Å². The minimum atomic E-state index is 0.954. The van der Waals surface area contributed by atoms with Gasteiger partial charge in [0.05, 0.1) is 0 Å². The summed E-state index contributed by atoms with van der Waals surface area (Å²) < 4.78 is 0. The van der Waals surface area contributed by atoms with Crippen molar-refractivity contribution in [2.24, 2.45) is 11.8 Å². The molecule has 0 bridgehead atoms. The molecule has 0 saturated carbocycles. The van der Waals surface area contributed by atoms with Crippen molar-refractivity contribution in [3.63, 3.8) is 0 Å². The molecule has 0 heteroatoms. The summed E-state index contributed by atoms with van der Waals surface area (Å²) in [6, 6.07) is 0. The summed E-state index contributed by atoms with van der Waals surface area (Å²) in [6.07, 6.45) is 50.1. The van der Waals surface area contributed by atoms with Crippen LogP contribution < -0.4 is 0 Å². The quantitative estimate of drug-likeness (QED) is 0.0674. The van der Waals surface area contributed by atoms with E-state index in [1.807, 2.05) is 0 Å². The lowest BCUT2D eigenvalue weighted by molar-refractivity contribution is 0.390. The zero-order valence-corrected chi connectivity index (χ0v) is 29.2. The average molecular weight is 563 g/mol. The van der Waals surface area contributed by atoms with Crippen LogP contribution in [0.1, 0.15) is 246 Å². The monoisotopic (exact) mass is 563 g/mol. The van der Waals surface area contributed by atoms with Gasteiger partial charge in [0.25, 0.3) is 0 Å². The zero-order chi connectivity index (χ0) is 29.2. The highest BCUT2D eigenvalue weighted by Gasteiger charge is 2.06. The van der Waals surface area contributed by atoms with E-state index in [2.05, 4.69) is 27.7 Å². The van der Waals surface area contributed by atoms with Gasteiger partial charge >= 0.3 is 0 Å². The maximum atomic E-state index is 2.52. The maximum Gasteiger partial charge on any atom is -0.0443 e.